The number of nitrogens with two attached hydrogens (primary N) is 2. The maximum atomic E-state index is 10.6. The number of carbonyl (C=O) groups is 2. The van der Waals surface area contributed by atoms with Gasteiger partial charge in [-0.25, -0.2) is 0 Å². The minimum atomic E-state index is -1.22. The molecule has 0 amide bonds. The SMILES string of the molecule is CC(OC(=O)CN)C(N)C(=O)O. The normalized spacial score (nSPS) is 14.9. The van der Waals surface area contributed by atoms with Gasteiger partial charge in [-0.2, -0.15) is 0 Å². The summed E-state index contributed by atoms with van der Waals surface area (Å²) in [6, 6.07) is -1.21. The van der Waals surface area contributed by atoms with E-state index in [0.29, 0.717) is 0 Å². The Kier molecular flexibility index (Phi) is 4.24. The fraction of sp³-hybridized carbons (Fsp3) is 0.667. The van der Waals surface area contributed by atoms with Crippen LogP contribution in [0.2, 0.25) is 0 Å². The van der Waals surface area contributed by atoms with Crippen LogP contribution in [-0.2, 0) is 14.3 Å². The molecule has 0 aromatic heterocycles. The summed E-state index contributed by atoms with van der Waals surface area (Å²) in [6.07, 6.45) is -0.862. The Morgan fingerprint density at radius 3 is 2.42 bits per heavy atom. The number of carbonyl (C=O) groups excluding carboxylic acids is 1. The standard InChI is InChI=1S/C6H12N2O4/c1-3(5(8)6(10)11)12-4(9)2-7/h3,5H,2,7-8H2,1H3,(H,10,11). The molecule has 0 aliphatic carbocycles. The Labute approximate surface area is 69.5 Å². The van der Waals surface area contributed by atoms with Crippen molar-refractivity contribution < 1.29 is 19.4 Å². The lowest BCUT2D eigenvalue weighted by Crippen LogP contribution is -2.43. The van der Waals surface area contributed by atoms with E-state index >= 15 is 0 Å². The van der Waals surface area contributed by atoms with E-state index < -0.39 is 24.1 Å². The molecule has 0 heterocycles. The average molecular weight is 176 g/mol. The molecule has 2 unspecified atom stereocenters. The molecule has 0 radical (unpaired) electrons. The Morgan fingerprint density at radius 2 is 2.08 bits per heavy atom. The van der Waals surface area contributed by atoms with Crippen LogP contribution in [0.4, 0.5) is 0 Å². The van der Waals surface area contributed by atoms with Crippen molar-refractivity contribution in [2.45, 2.75) is 19.1 Å². The van der Waals surface area contributed by atoms with E-state index in [2.05, 4.69) is 4.74 Å². The molecule has 0 saturated carbocycles. The molecule has 0 saturated heterocycles. The molecule has 0 spiro atoms. The molecule has 0 aromatic rings. The van der Waals surface area contributed by atoms with Crippen LogP contribution in [0.3, 0.4) is 0 Å². The number of ether oxygens (including phenoxy) is 1. The molecular formula is C6H12N2O4. The van der Waals surface area contributed by atoms with Crippen LogP contribution in [0.1, 0.15) is 6.92 Å². The summed E-state index contributed by atoms with van der Waals surface area (Å²) in [5.74, 6) is -1.88. The highest BCUT2D eigenvalue weighted by atomic mass is 16.5. The molecule has 5 N–H and O–H groups in total. The zero-order valence-corrected chi connectivity index (χ0v) is 6.69. The minimum absolute atomic E-state index is 0.281. The molecule has 0 aliphatic heterocycles. The van der Waals surface area contributed by atoms with Gasteiger partial charge in [-0.3, -0.25) is 9.59 Å². The molecule has 12 heavy (non-hydrogen) atoms. The Balaban J connectivity index is 3.94. The molecule has 0 rings (SSSR count). The van der Waals surface area contributed by atoms with Crippen molar-refractivity contribution >= 4 is 11.9 Å². The summed E-state index contributed by atoms with van der Waals surface area (Å²) in [5, 5.41) is 8.39. The fourth-order valence-corrected chi connectivity index (χ4v) is 0.530. The van der Waals surface area contributed by atoms with Gasteiger partial charge in [0, 0.05) is 0 Å². The molecular weight excluding hydrogens is 164 g/mol. The zero-order valence-electron chi connectivity index (χ0n) is 6.69. The molecule has 0 aliphatic rings. The second kappa shape index (κ2) is 4.68. The van der Waals surface area contributed by atoms with Gasteiger partial charge in [0.25, 0.3) is 0 Å². The summed E-state index contributed by atoms with van der Waals surface area (Å²) in [5.41, 5.74) is 10.1. The summed E-state index contributed by atoms with van der Waals surface area (Å²) >= 11 is 0. The lowest BCUT2D eigenvalue weighted by Gasteiger charge is -2.15. The number of carboxylic acids is 1. The molecule has 2 atom stereocenters. The van der Waals surface area contributed by atoms with Crippen LogP contribution in [-0.4, -0.2) is 35.7 Å². The van der Waals surface area contributed by atoms with E-state index in [1.54, 1.807) is 0 Å². The van der Waals surface area contributed by atoms with E-state index in [1.807, 2.05) is 0 Å². The van der Waals surface area contributed by atoms with E-state index in [-0.39, 0.29) is 6.54 Å². The van der Waals surface area contributed by atoms with Crippen molar-refractivity contribution in [1.82, 2.24) is 0 Å². The molecule has 0 fully saturated rings. The Bertz CT molecular complexity index is 182. The van der Waals surface area contributed by atoms with E-state index in [0.717, 1.165) is 0 Å². The number of esters is 1. The summed E-state index contributed by atoms with van der Waals surface area (Å²) in [4.78, 5) is 20.8. The number of rotatable bonds is 4. The summed E-state index contributed by atoms with van der Waals surface area (Å²) in [6.45, 7) is 1.11. The van der Waals surface area contributed by atoms with Crippen LogP contribution in [0.15, 0.2) is 0 Å². The molecule has 0 aromatic carbocycles. The van der Waals surface area contributed by atoms with Crippen molar-refractivity contribution in [2.75, 3.05) is 6.54 Å². The van der Waals surface area contributed by atoms with Gasteiger partial charge >= 0.3 is 11.9 Å². The van der Waals surface area contributed by atoms with Gasteiger partial charge in [-0.05, 0) is 6.92 Å². The van der Waals surface area contributed by atoms with Gasteiger partial charge in [0.05, 0.1) is 6.54 Å². The van der Waals surface area contributed by atoms with Crippen LogP contribution in [0.25, 0.3) is 0 Å². The molecule has 0 bridgehead atoms. The maximum Gasteiger partial charge on any atom is 0.324 e. The van der Waals surface area contributed by atoms with Crippen LogP contribution < -0.4 is 11.5 Å². The third-order valence-electron chi connectivity index (χ3n) is 1.27. The maximum absolute atomic E-state index is 10.6. The largest absolute Gasteiger partial charge is 0.480 e. The highest BCUT2D eigenvalue weighted by Crippen LogP contribution is 1.96. The number of hydrogen-bond acceptors (Lipinski definition) is 5. The topological polar surface area (TPSA) is 116 Å². The number of hydrogen-bond donors (Lipinski definition) is 3. The van der Waals surface area contributed by atoms with Crippen LogP contribution in [0.5, 0.6) is 0 Å². The highest BCUT2D eigenvalue weighted by Gasteiger charge is 2.22. The molecule has 70 valence electrons. The van der Waals surface area contributed by atoms with Crippen molar-refractivity contribution in [1.29, 1.82) is 0 Å². The Hall–Kier alpha value is -1.14. The quantitative estimate of drug-likeness (QED) is 0.439. The second-order valence-electron chi connectivity index (χ2n) is 2.26. The van der Waals surface area contributed by atoms with Crippen molar-refractivity contribution in [2.24, 2.45) is 11.5 Å². The van der Waals surface area contributed by atoms with Gasteiger partial charge in [0.1, 0.15) is 12.1 Å². The fourth-order valence-electron chi connectivity index (χ4n) is 0.530. The average Bonchev–Trinajstić information content (AvgIpc) is 2.02. The van der Waals surface area contributed by atoms with Gasteiger partial charge in [0.15, 0.2) is 0 Å². The molecule has 6 heteroatoms. The van der Waals surface area contributed by atoms with Crippen LogP contribution >= 0.6 is 0 Å². The third kappa shape index (κ3) is 3.31. The first-order valence-corrected chi connectivity index (χ1v) is 3.37. The van der Waals surface area contributed by atoms with E-state index in [1.165, 1.54) is 6.92 Å². The van der Waals surface area contributed by atoms with Crippen molar-refractivity contribution in [3.8, 4) is 0 Å². The first kappa shape index (κ1) is 10.9. The first-order chi connectivity index (χ1) is 5.49. The summed E-state index contributed by atoms with van der Waals surface area (Å²) in [7, 11) is 0. The minimum Gasteiger partial charge on any atom is -0.480 e. The number of aliphatic carboxylic acids is 1. The van der Waals surface area contributed by atoms with E-state index in [4.69, 9.17) is 16.6 Å². The van der Waals surface area contributed by atoms with Gasteiger partial charge in [-0.15, -0.1) is 0 Å². The van der Waals surface area contributed by atoms with Gasteiger partial charge in [0.2, 0.25) is 0 Å². The van der Waals surface area contributed by atoms with E-state index in [9.17, 15) is 9.59 Å². The lowest BCUT2D eigenvalue weighted by molar-refractivity contribution is -0.152. The predicted molar refractivity (Wildman–Crippen MR) is 40.2 cm³/mol. The van der Waals surface area contributed by atoms with Crippen LogP contribution in [0, 0.1) is 0 Å². The number of carboxylic acid groups (broad SMARTS) is 1. The second-order valence-corrected chi connectivity index (χ2v) is 2.26. The highest BCUT2D eigenvalue weighted by molar-refractivity contribution is 5.76. The zero-order chi connectivity index (χ0) is 9.72. The predicted octanol–water partition coefficient (Wildman–Crippen LogP) is -1.71. The van der Waals surface area contributed by atoms with Crippen molar-refractivity contribution in [3.63, 3.8) is 0 Å². The monoisotopic (exact) mass is 176 g/mol. The first-order valence-electron chi connectivity index (χ1n) is 3.37. The van der Waals surface area contributed by atoms with Crippen molar-refractivity contribution in [3.05, 3.63) is 0 Å². The summed E-state index contributed by atoms with van der Waals surface area (Å²) < 4.78 is 4.55. The smallest absolute Gasteiger partial charge is 0.324 e. The third-order valence-corrected chi connectivity index (χ3v) is 1.27. The molecule has 6 nitrogen and oxygen atoms in total. The Morgan fingerprint density at radius 1 is 1.58 bits per heavy atom. The van der Waals surface area contributed by atoms with Gasteiger partial charge in [-0.1, -0.05) is 0 Å². The lowest BCUT2D eigenvalue weighted by atomic mass is 10.2. The van der Waals surface area contributed by atoms with Gasteiger partial charge < -0.3 is 21.3 Å².